The molecule has 1 amide bonds. The molecule has 25 heavy (non-hydrogen) atoms. The van der Waals surface area contributed by atoms with Crippen LogP contribution in [0.2, 0.25) is 0 Å². The first-order valence-electron chi connectivity index (χ1n) is 7.81. The Morgan fingerprint density at radius 3 is 2.92 bits per heavy atom. The minimum Gasteiger partial charge on any atom is -0.408 e. The van der Waals surface area contributed by atoms with Gasteiger partial charge in [0.25, 0.3) is 0 Å². The first kappa shape index (κ1) is 15.6. The summed E-state index contributed by atoms with van der Waals surface area (Å²) < 4.78 is 7.57. The fourth-order valence-corrected chi connectivity index (χ4v) is 3.70. The maximum Gasteiger partial charge on any atom is 0.420 e. The van der Waals surface area contributed by atoms with Gasteiger partial charge in [0, 0.05) is 5.69 Å². The number of aryl methyl sites for hydroxylation is 1. The highest BCUT2D eigenvalue weighted by Gasteiger charge is 2.21. The molecule has 2 heterocycles. The van der Waals surface area contributed by atoms with Crippen LogP contribution in [0.15, 0.2) is 51.7 Å². The number of para-hydroxylation sites is 2. The summed E-state index contributed by atoms with van der Waals surface area (Å²) in [7, 11) is 0. The number of nitrogens with zero attached hydrogens (tertiary/aromatic N) is 2. The van der Waals surface area contributed by atoms with Gasteiger partial charge in [-0.1, -0.05) is 12.1 Å². The standard InChI is InChI=1S/C18H15N3O3S/c1-10(21-14-5-3-4-6-15(14)24-18(21)23)17(22)20-12-7-8-13-16(9-12)25-11(2)19-13/h3-10H,1-2H3,(H,20,22)/t10-/m1/s1. The van der Waals surface area contributed by atoms with Crippen LogP contribution in [0.3, 0.4) is 0 Å². The summed E-state index contributed by atoms with van der Waals surface area (Å²) >= 11 is 1.57. The second-order valence-corrected chi connectivity index (χ2v) is 7.02. The molecule has 0 aliphatic rings. The third kappa shape index (κ3) is 2.72. The average Bonchev–Trinajstić information content (AvgIpc) is 3.11. The van der Waals surface area contributed by atoms with Crippen molar-refractivity contribution < 1.29 is 9.21 Å². The molecule has 4 rings (SSSR count). The summed E-state index contributed by atoms with van der Waals surface area (Å²) in [5.41, 5.74) is 2.65. The van der Waals surface area contributed by atoms with Gasteiger partial charge in [-0.2, -0.15) is 0 Å². The molecule has 126 valence electrons. The minimum atomic E-state index is -0.699. The fourth-order valence-electron chi connectivity index (χ4n) is 2.83. The lowest BCUT2D eigenvalue weighted by atomic mass is 10.2. The van der Waals surface area contributed by atoms with Crippen molar-refractivity contribution in [2.45, 2.75) is 19.9 Å². The van der Waals surface area contributed by atoms with Gasteiger partial charge in [0.15, 0.2) is 5.58 Å². The number of thiazole rings is 1. The molecule has 0 bridgehead atoms. The Hall–Kier alpha value is -2.93. The molecule has 1 atom stereocenters. The van der Waals surface area contributed by atoms with Crippen LogP contribution < -0.4 is 11.1 Å². The molecular formula is C18H15N3O3S. The summed E-state index contributed by atoms with van der Waals surface area (Å²) in [5, 5.41) is 3.84. The number of aromatic nitrogens is 2. The molecule has 0 aliphatic heterocycles. The molecule has 6 nitrogen and oxygen atoms in total. The fraction of sp³-hybridized carbons (Fsp3) is 0.167. The molecule has 1 N–H and O–H groups in total. The molecule has 0 radical (unpaired) electrons. The van der Waals surface area contributed by atoms with Crippen molar-refractivity contribution in [3.05, 3.63) is 58.0 Å². The van der Waals surface area contributed by atoms with E-state index in [4.69, 9.17) is 4.42 Å². The van der Waals surface area contributed by atoms with E-state index in [9.17, 15) is 9.59 Å². The Morgan fingerprint density at radius 1 is 1.28 bits per heavy atom. The van der Waals surface area contributed by atoms with Gasteiger partial charge in [0.2, 0.25) is 5.91 Å². The Bertz CT molecular complexity index is 1160. The zero-order valence-electron chi connectivity index (χ0n) is 13.6. The highest BCUT2D eigenvalue weighted by atomic mass is 32.1. The minimum absolute atomic E-state index is 0.283. The van der Waals surface area contributed by atoms with E-state index in [-0.39, 0.29) is 5.91 Å². The second-order valence-electron chi connectivity index (χ2n) is 5.79. The lowest BCUT2D eigenvalue weighted by molar-refractivity contribution is -0.118. The van der Waals surface area contributed by atoms with Crippen molar-refractivity contribution in [1.82, 2.24) is 9.55 Å². The monoisotopic (exact) mass is 353 g/mol. The van der Waals surface area contributed by atoms with Crippen molar-refractivity contribution >= 4 is 44.2 Å². The quantitative estimate of drug-likeness (QED) is 0.609. The largest absolute Gasteiger partial charge is 0.420 e. The molecule has 0 saturated carbocycles. The molecule has 0 unspecified atom stereocenters. The average molecular weight is 353 g/mol. The summed E-state index contributed by atoms with van der Waals surface area (Å²) in [5.74, 6) is -0.827. The SMILES string of the molecule is Cc1nc2ccc(NC(=O)[C@@H](C)n3c(=O)oc4ccccc43)cc2s1. The number of hydrogen-bond donors (Lipinski definition) is 1. The Balaban J connectivity index is 1.65. The van der Waals surface area contributed by atoms with Crippen molar-refractivity contribution in [2.24, 2.45) is 0 Å². The number of benzene rings is 2. The van der Waals surface area contributed by atoms with E-state index in [1.54, 1.807) is 42.5 Å². The summed E-state index contributed by atoms with van der Waals surface area (Å²) in [6.45, 7) is 3.62. The molecule has 2 aromatic carbocycles. The van der Waals surface area contributed by atoms with Crippen LogP contribution in [0, 0.1) is 6.92 Å². The number of anilines is 1. The lowest BCUT2D eigenvalue weighted by Gasteiger charge is -2.13. The topological polar surface area (TPSA) is 77.1 Å². The van der Waals surface area contributed by atoms with Crippen LogP contribution >= 0.6 is 11.3 Å². The third-order valence-corrected chi connectivity index (χ3v) is 4.98. The number of rotatable bonds is 3. The summed E-state index contributed by atoms with van der Waals surface area (Å²) in [6, 6.07) is 11.9. The van der Waals surface area contributed by atoms with Crippen molar-refractivity contribution in [1.29, 1.82) is 0 Å². The first-order chi connectivity index (χ1) is 12.0. The van der Waals surface area contributed by atoms with Crippen LogP contribution in [0.5, 0.6) is 0 Å². The van der Waals surface area contributed by atoms with Crippen LogP contribution in [0.25, 0.3) is 21.3 Å². The lowest BCUT2D eigenvalue weighted by Crippen LogP contribution is -2.29. The molecule has 0 fully saturated rings. The number of nitrogens with one attached hydrogen (secondary N) is 1. The van der Waals surface area contributed by atoms with Crippen molar-refractivity contribution in [3.63, 3.8) is 0 Å². The van der Waals surface area contributed by atoms with Gasteiger partial charge in [-0.25, -0.2) is 9.78 Å². The van der Waals surface area contributed by atoms with Crippen LogP contribution in [0.4, 0.5) is 5.69 Å². The highest BCUT2D eigenvalue weighted by molar-refractivity contribution is 7.18. The zero-order chi connectivity index (χ0) is 17.6. The van der Waals surface area contributed by atoms with Crippen LogP contribution in [-0.4, -0.2) is 15.5 Å². The van der Waals surface area contributed by atoms with Crippen molar-refractivity contribution in [3.8, 4) is 0 Å². The van der Waals surface area contributed by atoms with Gasteiger partial charge >= 0.3 is 5.76 Å². The predicted octanol–water partition coefficient (Wildman–Crippen LogP) is 3.71. The normalized spacial score (nSPS) is 12.6. The van der Waals surface area contributed by atoms with Gasteiger partial charge in [-0.15, -0.1) is 11.3 Å². The van der Waals surface area contributed by atoms with E-state index in [1.807, 2.05) is 25.1 Å². The first-order valence-corrected chi connectivity index (χ1v) is 8.63. The molecule has 0 saturated heterocycles. The Labute approximate surface area is 146 Å². The molecule has 2 aromatic heterocycles. The smallest absolute Gasteiger partial charge is 0.408 e. The second kappa shape index (κ2) is 5.86. The molecule has 0 aliphatic carbocycles. The molecular weight excluding hydrogens is 338 g/mol. The van der Waals surface area contributed by atoms with Gasteiger partial charge in [-0.05, 0) is 44.2 Å². The summed E-state index contributed by atoms with van der Waals surface area (Å²) in [4.78, 5) is 29.2. The van der Waals surface area contributed by atoms with Gasteiger partial charge in [-0.3, -0.25) is 9.36 Å². The molecule has 4 aromatic rings. The van der Waals surface area contributed by atoms with E-state index in [0.717, 1.165) is 15.2 Å². The van der Waals surface area contributed by atoms with Gasteiger partial charge in [0.1, 0.15) is 6.04 Å². The van der Waals surface area contributed by atoms with Crippen molar-refractivity contribution in [2.75, 3.05) is 5.32 Å². The maximum absolute atomic E-state index is 12.6. The van der Waals surface area contributed by atoms with E-state index in [1.165, 1.54) is 4.57 Å². The number of hydrogen-bond acceptors (Lipinski definition) is 5. The molecule has 0 spiro atoms. The van der Waals surface area contributed by atoms with E-state index in [2.05, 4.69) is 10.3 Å². The van der Waals surface area contributed by atoms with E-state index in [0.29, 0.717) is 16.8 Å². The van der Waals surface area contributed by atoms with Crippen LogP contribution in [-0.2, 0) is 4.79 Å². The van der Waals surface area contributed by atoms with Crippen LogP contribution in [0.1, 0.15) is 18.0 Å². The predicted molar refractivity (Wildman–Crippen MR) is 98.2 cm³/mol. The number of fused-ring (bicyclic) bond motifs is 2. The number of oxazole rings is 1. The number of amides is 1. The zero-order valence-corrected chi connectivity index (χ0v) is 14.5. The molecule has 7 heteroatoms. The van der Waals surface area contributed by atoms with E-state index < -0.39 is 11.8 Å². The third-order valence-electron chi connectivity index (χ3n) is 4.05. The number of carbonyl (C=O) groups is 1. The van der Waals surface area contributed by atoms with E-state index >= 15 is 0 Å². The Kier molecular flexibility index (Phi) is 3.65. The number of carbonyl (C=O) groups excluding carboxylic acids is 1. The maximum atomic E-state index is 12.6. The summed E-state index contributed by atoms with van der Waals surface area (Å²) in [6.07, 6.45) is 0. The van der Waals surface area contributed by atoms with Gasteiger partial charge < -0.3 is 9.73 Å². The Morgan fingerprint density at radius 2 is 2.08 bits per heavy atom. The highest BCUT2D eigenvalue weighted by Crippen LogP contribution is 2.25. The van der Waals surface area contributed by atoms with Gasteiger partial charge in [0.05, 0.1) is 20.7 Å².